The van der Waals surface area contributed by atoms with Crippen LogP contribution in [-0.4, -0.2) is 22.7 Å². The molecule has 2 atom stereocenters. The van der Waals surface area contributed by atoms with Crippen LogP contribution in [0.5, 0.6) is 0 Å². The molecule has 2 N–H and O–H groups in total. The molecule has 0 saturated heterocycles. The Hall–Kier alpha value is -1.09. The average molecular weight is 206 g/mol. The zero-order valence-corrected chi connectivity index (χ0v) is 9.11. The van der Waals surface area contributed by atoms with Gasteiger partial charge in [-0.1, -0.05) is 6.42 Å². The van der Waals surface area contributed by atoms with Gasteiger partial charge in [-0.05, 0) is 31.9 Å². The van der Waals surface area contributed by atoms with Crippen molar-refractivity contribution >= 4 is 5.69 Å². The van der Waals surface area contributed by atoms with Crippen LogP contribution < -0.4 is 5.32 Å². The molecule has 0 radical (unpaired) electrons. The van der Waals surface area contributed by atoms with Crippen molar-refractivity contribution in [3.8, 4) is 0 Å². The predicted molar refractivity (Wildman–Crippen MR) is 60.8 cm³/mol. The number of nitrogens with zero attached hydrogens (tertiary/aromatic N) is 1. The van der Waals surface area contributed by atoms with Crippen LogP contribution in [0.15, 0.2) is 18.3 Å². The fourth-order valence-electron chi connectivity index (χ4n) is 2.29. The van der Waals surface area contributed by atoms with Gasteiger partial charge < -0.3 is 10.4 Å². The van der Waals surface area contributed by atoms with Crippen molar-refractivity contribution in [3.63, 3.8) is 0 Å². The van der Waals surface area contributed by atoms with Gasteiger partial charge in [-0.2, -0.15) is 0 Å². The summed E-state index contributed by atoms with van der Waals surface area (Å²) >= 11 is 0. The molecule has 1 saturated carbocycles. The molecule has 1 aromatic heterocycles. The topological polar surface area (TPSA) is 45.1 Å². The molecule has 3 heteroatoms. The second-order valence-corrected chi connectivity index (χ2v) is 4.31. The number of aliphatic hydroxyl groups excluding tert-OH is 1. The van der Waals surface area contributed by atoms with Crippen molar-refractivity contribution in [2.24, 2.45) is 5.92 Å². The van der Waals surface area contributed by atoms with Crippen LogP contribution in [0.25, 0.3) is 0 Å². The number of aromatic nitrogens is 1. The largest absolute Gasteiger partial charge is 0.396 e. The van der Waals surface area contributed by atoms with Crippen LogP contribution in [0.3, 0.4) is 0 Å². The van der Waals surface area contributed by atoms with Gasteiger partial charge in [0, 0.05) is 36.1 Å². The Labute approximate surface area is 90.5 Å². The molecule has 1 heterocycles. The Kier molecular flexibility index (Phi) is 3.21. The summed E-state index contributed by atoms with van der Waals surface area (Å²) in [6, 6.07) is 4.46. The summed E-state index contributed by atoms with van der Waals surface area (Å²) in [5.74, 6) is 0.415. The van der Waals surface area contributed by atoms with Crippen molar-refractivity contribution in [3.05, 3.63) is 24.0 Å². The molecular weight excluding hydrogens is 188 g/mol. The fraction of sp³-hybridized carbons (Fsp3) is 0.583. The van der Waals surface area contributed by atoms with Gasteiger partial charge in [0.05, 0.1) is 0 Å². The van der Waals surface area contributed by atoms with E-state index in [9.17, 15) is 5.11 Å². The van der Waals surface area contributed by atoms with Crippen LogP contribution in [0.2, 0.25) is 0 Å². The quantitative estimate of drug-likeness (QED) is 0.794. The van der Waals surface area contributed by atoms with Crippen molar-refractivity contribution < 1.29 is 5.11 Å². The molecule has 82 valence electrons. The van der Waals surface area contributed by atoms with Crippen molar-refractivity contribution in [2.75, 3.05) is 11.9 Å². The van der Waals surface area contributed by atoms with Gasteiger partial charge in [0.1, 0.15) is 0 Å². The maximum Gasteiger partial charge on any atom is 0.0478 e. The first-order valence-electron chi connectivity index (χ1n) is 5.59. The molecule has 0 aliphatic heterocycles. The molecule has 1 fully saturated rings. The van der Waals surface area contributed by atoms with Gasteiger partial charge >= 0.3 is 0 Å². The number of nitrogens with one attached hydrogen (secondary N) is 1. The van der Waals surface area contributed by atoms with Gasteiger partial charge in [0.25, 0.3) is 0 Å². The molecule has 2 unspecified atom stereocenters. The number of pyridine rings is 1. The molecule has 2 rings (SSSR count). The van der Waals surface area contributed by atoms with Gasteiger partial charge in [-0.3, -0.25) is 4.98 Å². The van der Waals surface area contributed by atoms with E-state index in [0.717, 1.165) is 24.2 Å². The lowest BCUT2D eigenvalue weighted by atomic mass is 10.0. The second-order valence-electron chi connectivity index (χ2n) is 4.31. The Balaban J connectivity index is 2.02. The maximum absolute atomic E-state index is 9.22. The standard InChI is InChI=1S/C12H18N2O/c1-9-7-11(5-6-13-9)14-12-4-2-3-10(12)8-15/h5-7,10,12,15H,2-4,8H2,1H3,(H,13,14). The highest BCUT2D eigenvalue weighted by Crippen LogP contribution is 2.28. The molecule has 3 nitrogen and oxygen atoms in total. The first-order chi connectivity index (χ1) is 7.29. The lowest BCUT2D eigenvalue weighted by Crippen LogP contribution is -2.26. The summed E-state index contributed by atoms with van der Waals surface area (Å²) in [6.45, 7) is 2.28. The summed E-state index contributed by atoms with van der Waals surface area (Å²) in [5.41, 5.74) is 2.14. The van der Waals surface area contributed by atoms with Gasteiger partial charge in [-0.25, -0.2) is 0 Å². The summed E-state index contributed by atoms with van der Waals surface area (Å²) in [4.78, 5) is 4.16. The number of hydrogen-bond donors (Lipinski definition) is 2. The number of hydrogen-bond acceptors (Lipinski definition) is 3. The SMILES string of the molecule is Cc1cc(NC2CCCC2CO)ccn1. The van der Waals surface area contributed by atoms with Crippen LogP contribution in [0.1, 0.15) is 25.0 Å². The highest BCUT2D eigenvalue weighted by atomic mass is 16.3. The Morgan fingerprint density at radius 3 is 3.13 bits per heavy atom. The third kappa shape index (κ3) is 2.48. The van der Waals surface area contributed by atoms with Crippen LogP contribution >= 0.6 is 0 Å². The first-order valence-corrected chi connectivity index (χ1v) is 5.59. The number of aryl methyl sites for hydroxylation is 1. The molecule has 0 amide bonds. The summed E-state index contributed by atoms with van der Waals surface area (Å²) in [7, 11) is 0. The van der Waals surface area contributed by atoms with E-state index in [1.165, 1.54) is 6.42 Å². The Morgan fingerprint density at radius 1 is 1.53 bits per heavy atom. The number of anilines is 1. The number of aliphatic hydroxyl groups is 1. The fourth-order valence-corrected chi connectivity index (χ4v) is 2.29. The van der Waals surface area contributed by atoms with E-state index in [4.69, 9.17) is 0 Å². The highest BCUT2D eigenvalue weighted by molar-refractivity contribution is 5.44. The van der Waals surface area contributed by atoms with Crippen LogP contribution in [0, 0.1) is 12.8 Å². The summed E-state index contributed by atoms with van der Waals surface area (Å²) < 4.78 is 0. The van der Waals surface area contributed by atoms with E-state index < -0.39 is 0 Å². The van der Waals surface area contributed by atoms with Gasteiger partial charge in [0.2, 0.25) is 0 Å². The minimum Gasteiger partial charge on any atom is -0.396 e. The lowest BCUT2D eigenvalue weighted by molar-refractivity contribution is 0.222. The smallest absolute Gasteiger partial charge is 0.0478 e. The van der Waals surface area contributed by atoms with E-state index in [1.807, 2.05) is 25.3 Å². The minimum atomic E-state index is 0.293. The molecular formula is C12H18N2O. The van der Waals surface area contributed by atoms with Crippen molar-refractivity contribution in [2.45, 2.75) is 32.2 Å². The molecule has 0 bridgehead atoms. The minimum absolute atomic E-state index is 0.293. The highest BCUT2D eigenvalue weighted by Gasteiger charge is 2.26. The predicted octanol–water partition coefficient (Wildman–Crippen LogP) is 1.96. The third-order valence-electron chi connectivity index (χ3n) is 3.14. The molecule has 1 aliphatic carbocycles. The van der Waals surface area contributed by atoms with E-state index in [2.05, 4.69) is 10.3 Å². The second kappa shape index (κ2) is 4.62. The van der Waals surface area contributed by atoms with E-state index in [1.54, 1.807) is 0 Å². The zero-order chi connectivity index (χ0) is 10.7. The molecule has 15 heavy (non-hydrogen) atoms. The third-order valence-corrected chi connectivity index (χ3v) is 3.14. The zero-order valence-electron chi connectivity index (χ0n) is 9.11. The van der Waals surface area contributed by atoms with Gasteiger partial charge in [-0.15, -0.1) is 0 Å². The Morgan fingerprint density at radius 2 is 2.40 bits per heavy atom. The van der Waals surface area contributed by atoms with E-state index >= 15 is 0 Å². The molecule has 0 aromatic carbocycles. The molecule has 0 spiro atoms. The first kappa shape index (κ1) is 10.4. The monoisotopic (exact) mass is 206 g/mol. The van der Waals surface area contributed by atoms with Crippen LogP contribution in [-0.2, 0) is 0 Å². The molecule has 1 aromatic rings. The average Bonchev–Trinajstić information content (AvgIpc) is 2.65. The van der Waals surface area contributed by atoms with E-state index in [-0.39, 0.29) is 0 Å². The van der Waals surface area contributed by atoms with Crippen molar-refractivity contribution in [1.82, 2.24) is 4.98 Å². The van der Waals surface area contributed by atoms with Gasteiger partial charge in [0.15, 0.2) is 0 Å². The van der Waals surface area contributed by atoms with E-state index in [0.29, 0.717) is 18.6 Å². The normalized spacial score (nSPS) is 25.5. The summed E-state index contributed by atoms with van der Waals surface area (Å²) in [6.07, 6.45) is 5.33. The van der Waals surface area contributed by atoms with Crippen LogP contribution in [0.4, 0.5) is 5.69 Å². The van der Waals surface area contributed by atoms with Crippen molar-refractivity contribution in [1.29, 1.82) is 0 Å². The number of rotatable bonds is 3. The molecule has 1 aliphatic rings. The Bertz CT molecular complexity index is 327. The maximum atomic E-state index is 9.22. The summed E-state index contributed by atoms with van der Waals surface area (Å²) in [5, 5.41) is 12.7. The lowest BCUT2D eigenvalue weighted by Gasteiger charge is -2.20.